The van der Waals surface area contributed by atoms with Crippen LogP contribution in [0.5, 0.6) is 0 Å². The van der Waals surface area contributed by atoms with Gasteiger partial charge in [0, 0.05) is 37.2 Å². The van der Waals surface area contributed by atoms with Crippen molar-refractivity contribution in [3.63, 3.8) is 0 Å². The first-order chi connectivity index (χ1) is 10.5. The molecule has 0 aliphatic rings. The molecule has 3 N–H and O–H groups in total. The van der Waals surface area contributed by atoms with Gasteiger partial charge in [-0.05, 0) is 18.1 Å². The van der Waals surface area contributed by atoms with E-state index in [1.54, 1.807) is 0 Å². The van der Waals surface area contributed by atoms with Crippen molar-refractivity contribution in [2.45, 2.75) is 19.0 Å². The first-order valence-electron chi connectivity index (χ1n) is 7.06. The zero-order valence-electron chi connectivity index (χ0n) is 12.7. The van der Waals surface area contributed by atoms with E-state index in [0.29, 0.717) is 12.5 Å². The van der Waals surface area contributed by atoms with Crippen LogP contribution in [0.2, 0.25) is 0 Å². The molecule has 23 heavy (non-hydrogen) atoms. The molecule has 0 atom stereocenters. The average Bonchev–Trinajstić information content (AvgIpc) is 2.88. The number of hydrogen-bond acceptors (Lipinski definition) is 1. The van der Waals surface area contributed by atoms with Crippen molar-refractivity contribution in [3.8, 4) is 0 Å². The predicted molar refractivity (Wildman–Crippen MR) is 97.5 cm³/mol. The van der Waals surface area contributed by atoms with Crippen LogP contribution in [0.15, 0.2) is 35.5 Å². The van der Waals surface area contributed by atoms with E-state index in [2.05, 4.69) is 20.6 Å². The molecule has 1 aromatic carbocycles. The van der Waals surface area contributed by atoms with Gasteiger partial charge in [-0.15, -0.1) is 24.0 Å². The van der Waals surface area contributed by atoms with Crippen LogP contribution in [0.4, 0.5) is 13.2 Å². The Morgan fingerprint density at radius 3 is 2.57 bits per heavy atom. The molecule has 4 nitrogen and oxygen atoms in total. The zero-order chi connectivity index (χ0) is 16.0. The van der Waals surface area contributed by atoms with Crippen LogP contribution >= 0.6 is 24.0 Å². The Labute approximate surface area is 150 Å². The lowest BCUT2D eigenvalue weighted by Crippen LogP contribution is -2.39. The smallest absolute Gasteiger partial charge is 0.361 e. The Hall–Kier alpha value is -1.45. The summed E-state index contributed by atoms with van der Waals surface area (Å²) in [5.74, 6) is 0.379. The summed E-state index contributed by atoms with van der Waals surface area (Å²) in [5.41, 5.74) is 2.24. The molecular weight excluding hydrogens is 420 g/mol. The number of alkyl halides is 3. The molecule has 0 spiro atoms. The lowest BCUT2D eigenvalue weighted by Gasteiger charge is -2.12. The molecule has 0 fully saturated rings. The molecule has 0 unspecified atom stereocenters. The largest absolute Gasteiger partial charge is 0.390 e. The number of guanidine groups is 1. The fourth-order valence-electron chi connectivity index (χ4n) is 2.20. The quantitative estimate of drug-likeness (QED) is 0.379. The molecule has 0 amide bonds. The third-order valence-corrected chi connectivity index (χ3v) is 3.29. The standard InChI is InChI=1S/C15H19F3N4.HI/c1-19-14(21-9-7-15(16,17)18)20-8-6-11-10-22-13-5-3-2-4-12(11)13;/h2-5,10,22H,6-9H2,1H3,(H2,19,20,21);1H. The second-order valence-corrected chi connectivity index (χ2v) is 4.90. The lowest BCUT2D eigenvalue weighted by molar-refractivity contribution is -0.132. The van der Waals surface area contributed by atoms with E-state index in [1.165, 1.54) is 7.05 Å². The average molecular weight is 440 g/mol. The summed E-state index contributed by atoms with van der Waals surface area (Å²) < 4.78 is 36.3. The van der Waals surface area contributed by atoms with Crippen LogP contribution in [0.3, 0.4) is 0 Å². The van der Waals surface area contributed by atoms with Crippen LogP contribution in [0.25, 0.3) is 10.9 Å². The summed E-state index contributed by atoms with van der Waals surface area (Å²) >= 11 is 0. The molecule has 1 heterocycles. The van der Waals surface area contributed by atoms with Crippen molar-refractivity contribution in [2.75, 3.05) is 20.1 Å². The van der Waals surface area contributed by atoms with Crippen LogP contribution in [0.1, 0.15) is 12.0 Å². The van der Waals surface area contributed by atoms with Gasteiger partial charge in [0.15, 0.2) is 5.96 Å². The number of nitrogens with zero attached hydrogens (tertiary/aromatic N) is 1. The highest BCUT2D eigenvalue weighted by Crippen LogP contribution is 2.18. The Bertz CT molecular complexity index is 637. The van der Waals surface area contributed by atoms with Gasteiger partial charge < -0.3 is 15.6 Å². The van der Waals surface area contributed by atoms with Crippen LogP contribution < -0.4 is 10.6 Å². The Morgan fingerprint density at radius 2 is 1.87 bits per heavy atom. The van der Waals surface area contributed by atoms with Gasteiger partial charge in [-0.3, -0.25) is 4.99 Å². The molecule has 1 aromatic heterocycles. The number of aromatic amines is 1. The van der Waals surface area contributed by atoms with Gasteiger partial charge >= 0.3 is 6.18 Å². The van der Waals surface area contributed by atoms with Crippen molar-refractivity contribution in [3.05, 3.63) is 36.0 Å². The van der Waals surface area contributed by atoms with Gasteiger partial charge in [0.05, 0.1) is 6.42 Å². The van der Waals surface area contributed by atoms with E-state index in [0.717, 1.165) is 22.9 Å². The number of aromatic nitrogens is 1. The molecule has 128 valence electrons. The summed E-state index contributed by atoms with van der Waals surface area (Å²) in [5, 5.41) is 6.83. The number of halogens is 4. The van der Waals surface area contributed by atoms with Crippen molar-refractivity contribution in [2.24, 2.45) is 4.99 Å². The Morgan fingerprint density at radius 1 is 1.17 bits per heavy atom. The summed E-state index contributed by atoms with van der Waals surface area (Å²) in [4.78, 5) is 7.10. The summed E-state index contributed by atoms with van der Waals surface area (Å²) in [6.07, 6.45) is -2.33. The normalized spacial score (nSPS) is 12.1. The molecule has 2 aromatic rings. The summed E-state index contributed by atoms with van der Waals surface area (Å²) in [6.45, 7) is 0.407. The van der Waals surface area contributed by atoms with E-state index < -0.39 is 12.6 Å². The number of benzene rings is 1. The van der Waals surface area contributed by atoms with Crippen LogP contribution in [0, 0.1) is 0 Å². The van der Waals surface area contributed by atoms with Crippen molar-refractivity contribution >= 4 is 40.8 Å². The fourth-order valence-corrected chi connectivity index (χ4v) is 2.20. The maximum absolute atomic E-state index is 12.1. The minimum absolute atomic E-state index is 0. The summed E-state index contributed by atoms with van der Waals surface area (Å²) in [6, 6.07) is 7.99. The number of para-hydroxylation sites is 1. The highest BCUT2D eigenvalue weighted by Gasteiger charge is 2.26. The highest BCUT2D eigenvalue weighted by molar-refractivity contribution is 14.0. The minimum Gasteiger partial charge on any atom is -0.361 e. The van der Waals surface area contributed by atoms with Gasteiger partial charge in [-0.25, -0.2) is 0 Å². The molecule has 0 bridgehead atoms. The second-order valence-electron chi connectivity index (χ2n) is 4.90. The SMILES string of the molecule is CN=C(NCCc1c[nH]c2ccccc12)NCCC(F)(F)F.I. The second kappa shape index (κ2) is 8.99. The molecule has 0 aliphatic heterocycles. The first kappa shape index (κ1) is 19.6. The third kappa shape index (κ3) is 6.28. The van der Waals surface area contributed by atoms with Gasteiger partial charge in [0.2, 0.25) is 0 Å². The van der Waals surface area contributed by atoms with Crippen molar-refractivity contribution < 1.29 is 13.2 Å². The zero-order valence-corrected chi connectivity index (χ0v) is 15.0. The number of H-pyrrole nitrogens is 1. The van der Waals surface area contributed by atoms with E-state index in [9.17, 15) is 13.2 Å². The predicted octanol–water partition coefficient (Wildman–Crippen LogP) is 3.45. The van der Waals surface area contributed by atoms with E-state index in [1.807, 2.05) is 30.5 Å². The molecule has 8 heteroatoms. The number of fused-ring (bicyclic) bond motifs is 1. The Kier molecular flexibility index (Phi) is 7.66. The van der Waals surface area contributed by atoms with Crippen LogP contribution in [-0.4, -0.2) is 37.3 Å². The number of nitrogens with one attached hydrogen (secondary N) is 3. The molecule has 0 saturated carbocycles. The minimum atomic E-state index is -4.16. The van der Waals surface area contributed by atoms with E-state index in [-0.39, 0.29) is 30.5 Å². The first-order valence-corrected chi connectivity index (χ1v) is 7.06. The maximum atomic E-state index is 12.1. The van der Waals surface area contributed by atoms with Crippen LogP contribution in [-0.2, 0) is 6.42 Å². The number of hydrogen-bond donors (Lipinski definition) is 3. The van der Waals surface area contributed by atoms with E-state index in [4.69, 9.17) is 0 Å². The van der Waals surface area contributed by atoms with Gasteiger partial charge in [-0.2, -0.15) is 13.2 Å². The molecular formula is C15H20F3IN4. The van der Waals surface area contributed by atoms with Gasteiger partial charge in [0.25, 0.3) is 0 Å². The van der Waals surface area contributed by atoms with E-state index >= 15 is 0 Å². The van der Waals surface area contributed by atoms with Gasteiger partial charge in [0.1, 0.15) is 0 Å². The van der Waals surface area contributed by atoms with Crippen molar-refractivity contribution in [1.29, 1.82) is 0 Å². The highest BCUT2D eigenvalue weighted by atomic mass is 127. The monoisotopic (exact) mass is 440 g/mol. The topological polar surface area (TPSA) is 52.2 Å². The third-order valence-electron chi connectivity index (χ3n) is 3.29. The fraction of sp³-hybridized carbons (Fsp3) is 0.400. The number of rotatable bonds is 5. The molecule has 0 aliphatic carbocycles. The van der Waals surface area contributed by atoms with Crippen molar-refractivity contribution in [1.82, 2.24) is 15.6 Å². The number of aliphatic imine (C=N–C) groups is 1. The molecule has 0 radical (unpaired) electrons. The summed E-state index contributed by atoms with van der Waals surface area (Å²) in [7, 11) is 1.54. The molecule has 2 rings (SSSR count). The molecule has 0 saturated heterocycles. The maximum Gasteiger partial charge on any atom is 0.390 e. The lowest BCUT2D eigenvalue weighted by atomic mass is 10.1. The Balaban J connectivity index is 0.00000264. The van der Waals surface area contributed by atoms with Gasteiger partial charge in [-0.1, -0.05) is 18.2 Å².